The Morgan fingerprint density at radius 1 is 1.05 bits per heavy atom. The molecule has 0 saturated heterocycles. The Labute approximate surface area is 125 Å². The van der Waals surface area contributed by atoms with E-state index >= 15 is 0 Å². The van der Waals surface area contributed by atoms with Crippen LogP contribution >= 0.6 is 0 Å². The third-order valence-corrected chi connectivity index (χ3v) is 3.52. The SMILES string of the molecule is CC(C)C(=Cc1ccc(C(C)C)cc1)CNC(C)(C)C. The summed E-state index contributed by atoms with van der Waals surface area (Å²) in [5.41, 5.74) is 4.32. The fourth-order valence-corrected chi connectivity index (χ4v) is 1.98. The van der Waals surface area contributed by atoms with E-state index < -0.39 is 0 Å². The molecule has 1 heteroatoms. The highest BCUT2D eigenvalue weighted by atomic mass is 14.9. The summed E-state index contributed by atoms with van der Waals surface area (Å²) >= 11 is 0. The second-order valence-corrected chi connectivity index (χ2v) is 7.30. The van der Waals surface area contributed by atoms with Gasteiger partial charge >= 0.3 is 0 Å². The third kappa shape index (κ3) is 5.92. The molecule has 0 atom stereocenters. The van der Waals surface area contributed by atoms with Crippen LogP contribution in [0.4, 0.5) is 0 Å². The molecular formula is C19H31N. The van der Waals surface area contributed by atoms with Crippen molar-refractivity contribution in [3.8, 4) is 0 Å². The Morgan fingerprint density at radius 3 is 2.00 bits per heavy atom. The van der Waals surface area contributed by atoms with Crippen LogP contribution < -0.4 is 5.32 Å². The van der Waals surface area contributed by atoms with Crippen LogP contribution in [-0.4, -0.2) is 12.1 Å². The first-order valence-corrected chi connectivity index (χ1v) is 7.74. The first-order chi connectivity index (χ1) is 9.19. The second kappa shape index (κ2) is 7.08. The summed E-state index contributed by atoms with van der Waals surface area (Å²) in [6.07, 6.45) is 2.33. The van der Waals surface area contributed by atoms with Gasteiger partial charge in [-0.05, 0) is 43.7 Å². The molecule has 0 aliphatic carbocycles. The normalized spacial score (nSPS) is 13.3. The quantitative estimate of drug-likeness (QED) is 0.774. The van der Waals surface area contributed by atoms with Gasteiger partial charge < -0.3 is 5.32 Å². The van der Waals surface area contributed by atoms with E-state index in [0.29, 0.717) is 11.8 Å². The lowest BCUT2D eigenvalue weighted by atomic mass is 9.97. The summed E-state index contributed by atoms with van der Waals surface area (Å²) in [6.45, 7) is 16.6. The molecule has 20 heavy (non-hydrogen) atoms. The van der Waals surface area contributed by atoms with E-state index in [-0.39, 0.29) is 5.54 Å². The molecule has 0 saturated carbocycles. The van der Waals surface area contributed by atoms with Crippen LogP contribution in [0.3, 0.4) is 0 Å². The van der Waals surface area contributed by atoms with Crippen molar-refractivity contribution in [3.05, 3.63) is 41.0 Å². The minimum absolute atomic E-state index is 0.162. The number of rotatable bonds is 5. The maximum absolute atomic E-state index is 3.58. The zero-order chi connectivity index (χ0) is 15.3. The summed E-state index contributed by atoms with van der Waals surface area (Å²) in [5.74, 6) is 1.16. The van der Waals surface area contributed by atoms with E-state index in [0.717, 1.165) is 6.54 Å². The highest BCUT2D eigenvalue weighted by Crippen LogP contribution is 2.19. The van der Waals surface area contributed by atoms with Crippen LogP contribution in [-0.2, 0) is 0 Å². The van der Waals surface area contributed by atoms with Crippen molar-refractivity contribution < 1.29 is 0 Å². The third-order valence-electron chi connectivity index (χ3n) is 3.52. The lowest BCUT2D eigenvalue weighted by Gasteiger charge is -2.23. The Balaban J connectivity index is 2.85. The maximum Gasteiger partial charge on any atom is 0.0175 e. The molecule has 1 rings (SSSR count). The summed E-state index contributed by atoms with van der Waals surface area (Å²) < 4.78 is 0. The summed E-state index contributed by atoms with van der Waals surface area (Å²) in [7, 11) is 0. The molecule has 0 heterocycles. The van der Waals surface area contributed by atoms with Gasteiger partial charge in [-0.3, -0.25) is 0 Å². The zero-order valence-corrected chi connectivity index (χ0v) is 14.2. The van der Waals surface area contributed by atoms with E-state index in [9.17, 15) is 0 Å². The van der Waals surface area contributed by atoms with Crippen molar-refractivity contribution in [2.45, 2.75) is 59.9 Å². The van der Waals surface area contributed by atoms with Crippen LogP contribution in [0, 0.1) is 5.92 Å². The van der Waals surface area contributed by atoms with E-state index in [1.54, 1.807) is 0 Å². The van der Waals surface area contributed by atoms with Gasteiger partial charge in [0.05, 0.1) is 0 Å². The molecule has 0 aliphatic rings. The Kier molecular flexibility index (Phi) is 6.01. The predicted octanol–water partition coefficient (Wildman–Crippen LogP) is 5.24. The molecule has 0 aliphatic heterocycles. The maximum atomic E-state index is 3.58. The molecule has 0 fully saturated rings. The van der Waals surface area contributed by atoms with Gasteiger partial charge in [0.1, 0.15) is 0 Å². The average molecular weight is 273 g/mol. The largest absolute Gasteiger partial charge is 0.308 e. The summed E-state index contributed by atoms with van der Waals surface area (Å²) in [5, 5.41) is 3.58. The number of benzene rings is 1. The number of hydrogen-bond donors (Lipinski definition) is 1. The molecule has 1 aromatic rings. The van der Waals surface area contributed by atoms with Crippen molar-refractivity contribution in [1.29, 1.82) is 0 Å². The van der Waals surface area contributed by atoms with Gasteiger partial charge in [-0.15, -0.1) is 0 Å². The summed E-state index contributed by atoms with van der Waals surface area (Å²) in [6, 6.07) is 8.95. The highest BCUT2D eigenvalue weighted by molar-refractivity contribution is 5.54. The lowest BCUT2D eigenvalue weighted by molar-refractivity contribution is 0.437. The molecule has 0 unspecified atom stereocenters. The molecule has 0 radical (unpaired) electrons. The predicted molar refractivity (Wildman–Crippen MR) is 91.1 cm³/mol. The molecule has 112 valence electrons. The molecule has 0 aromatic heterocycles. The van der Waals surface area contributed by atoms with Gasteiger partial charge in [-0.25, -0.2) is 0 Å². The van der Waals surface area contributed by atoms with E-state index in [4.69, 9.17) is 0 Å². The van der Waals surface area contributed by atoms with Crippen molar-refractivity contribution in [3.63, 3.8) is 0 Å². The monoisotopic (exact) mass is 273 g/mol. The van der Waals surface area contributed by atoms with Gasteiger partial charge in [0, 0.05) is 12.1 Å². The lowest BCUT2D eigenvalue weighted by Crippen LogP contribution is -2.37. The smallest absolute Gasteiger partial charge is 0.0175 e. The van der Waals surface area contributed by atoms with Crippen LogP contribution in [0.1, 0.15) is 65.5 Å². The fourth-order valence-electron chi connectivity index (χ4n) is 1.98. The van der Waals surface area contributed by atoms with E-state index in [2.05, 4.69) is 84.1 Å². The molecule has 0 spiro atoms. The topological polar surface area (TPSA) is 12.0 Å². The Hall–Kier alpha value is -1.08. The Bertz CT molecular complexity index is 430. The van der Waals surface area contributed by atoms with Crippen molar-refractivity contribution in [2.75, 3.05) is 6.54 Å². The first-order valence-electron chi connectivity index (χ1n) is 7.74. The minimum Gasteiger partial charge on any atom is -0.308 e. The van der Waals surface area contributed by atoms with Gasteiger partial charge in [-0.2, -0.15) is 0 Å². The summed E-state index contributed by atoms with van der Waals surface area (Å²) in [4.78, 5) is 0. The van der Waals surface area contributed by atoms with Gasteiger partial charge in [0.25, 0.3) is 0 Å². The Morgan fingerprint density at radius 2 is 1.60 bits per heavy atom. The van der Waals surface area contributed by atoms with E-state index in [1.807, 2.05) is 0 Å². The molecule has 0 bridgehead atoms. The zero-order valence-electron chi connectivity index (χ0n) is 14.2. The molecule has 1 nitrogen and oxygen atoms in total. The average Bonchev–Trinajstić information content (AvgIpc) is 2.33. The van der Waals surface area contributed by atoms with E-state index in [1.165, 1.54) is 16.7 Å². The van der Waals surface area contributed by atoms with Crippen LogP contribution in [0.2, 0.25) is 0 Å². The first kappa shape index (κ1) is 17.0. The van der Waals surface area contributed by atoms with Gasteiger partial charge in [0.15, 0.2) is 0 Å². The van der Waals surface area contributed by atoms with Gasteiger partial charge in [-0.1, -0.05) is 63.6 Å². The van der Waals surface area contributed by atoms with Crippen molar-refractivity contribution in [1.82, 2.24) is 5.32 Å². The standard InChI is InChI=1S/C19H31N/c1-14(2)17-10-8-16(9-11-17)12-18(15(3)4)13-20-19(5,6)7/h8-12,14-15,20H,13H2,1-7H3. The van der Waals surface area contributed by atoms with Crippen LogP contribution in [0.5, 0.6) is 0 Å². The van der Waals surface area contributed by atoms with Crippen molar-refractivity contribution >= 4 is 6.08 Å². The molecule has 1 N–H and O–H groups in total. The number of nitrogens with one attached hydrogen (secondary N) is 1. The second-order valence-electron chi connectivity index (χ2n) is 7.30. The minimum atomic E-state index is 0.162. The molecule has 0 amide bonds. The number of hydrogen-bond acceptors (Lipinski definition) is 1. The van der Waals surface area contributed by atoms with Gasteiger partial charge in [0.2, 0.25) is 0 Å². The highest BCUT2D eigenvalue weighted by Gasteiger charge is 2.11. The molecular weight excluding hydrogens is 242 g/mol. The fraction of sp³-hybridized carbons (Fsp3) is 0.579. The van der Waals surface area contributed by atoms with Crippen molar-refractivity contribution in [2.24, 2.45) is 5.92 Å². The molecule has 1 aromatic carbocycles. The van der Waals surface area contributed by atoms with Crippen LogP contribution in [0.25, 0.3) is 6.08 Å². The van der Waals surface area contributed by atoms with Crippen LogP contribution in [0.15, 0.2) is 29.8 Å².